The van der Waals surface area contributed by atoms with Gasteiger partial charge < -0.3 is 30.0 Å². The lowest BCUT2D eigenvalue weighted by atomic mass is 10.00. The molecule has 0 saturated carbocycles. The average Bonchev–Trinajstić information content (AvgIpc) is 3.25. The Morgan fingerprint density at radius 1 is 1.03 bits per heavy atom. The van der Waals surface area contributed by atoms with Crippen molar-refractivity contribution < 1.29 is 14.3 Å². The van der Waals surface area contributed by atoms with Gasteiger partial charge in [-0.1, -0.05) is 12.1 Å². The molecule has 0 aliphatic carbocycles. The van der Waals surface area contributed by atoms with Crippen molar-refractivity contribution in [1.82, 2.24) is 9.97 Å². The van der Waals surface area contributed by atoms with E-state index in [9.17, 15) is 4.79 Å². The minimum atomic E-state index is -0.477. The number of H-pyrrole nitrogens is 1. The van der Waals surface area contributed by atoms with Crippen LogP contribution < -0.4 is 15.5 Å². The van der Waals surface area contributed by atoms with Gasteiger partial charge in [0, 0.05) is 49.0 Å². The monoisotopic (exact) mass is 487 g/mol. The number of pyridine rings is 1. The largest absolute Gasteiger partial charge is 0.378 e. The zero-order valence-corrected chi connectivity index (χ0v) is 20.9. The van der Waals surface area contributed by atoms with Gasteiger partial charge >= 0.3 is 0 Å². The first-order chi connectivity index (χ1) is 17.5. The Morgan fingerprint density at radius 3 is 2.33 bits per heavy atom. The predicted molar refractivity (Wildman–Crippen MR) is 144 cm³/mol. The SMILES string of the molecule is C/C=C(/C=C(/C(N)=O)c1[nH]c2cc(N3CCOCC3)ccc2c1C)c1ccc(N2CCOCC2)nc1. The van der Waals surface area contributed by atoms with Gasteiger partial charge in [-0.05, 0) is 60.9 Å². The van der Waals surface area contributed by atoms with Crippen molar-refractivity contribution >= 4 is 39.5 Å². The number of nitrogens with one attached hydrogen (secondary N) is 1. The lowest BCUT2D eigenvalue weighted by Crippen LogP contribution is -2.36. The van der Waals surface area contributed by atoms with Crippen LogP contribution in [0.2, 0.25) is 0 Å². The smallest absolute Gasteiger partial charge is 0.250 e. The van der Waals surface area contributed by atoms with Gasteiger partial charge in [0.05, 0.1) is 37.7 Å². The van der Waals surface area contributed by atoms with Crippen LogP contribution in [0.5, 0.6) is 0 Å². The fraction of sp³-hybridized carbons (Fsp3) is 0.357. The number of fused-ring (bicyclic) bond motifs is 1. The van der Waals surface area contributed by atoms with Crippen LogP contribution in [0.4, 0.5) is 11.5 Å². The summed E-state index contributed by atoms with van der Waals surface area (Å²) >= 11 is 0. The molecule has 1 amide bonds. The third-order valence-electron chi connectivity index (χ3n) is 6.98. The van der Waals surface area contributed by atoms with Crippen LogP contribution in [0, 0.1) is 6.92 Å². The molecule has 36 heavy (non-hydrogen) atoms. The second kappa shape index (κ2) is 10.6. The molecule has 0 radical (unpaired) electrons. The van der Waals surface area contributed by atoms with E-state index in [1.54, 1.807) is 0 Å². The number of rotatable bonds is 6. The predicted octanol–water partition coefficient (Wildman–Crippen LogP) is 3.52. The quantitative estimate of drug-likeness (QED) is 0.408. The number of hydrogen-bond donors (Lipinski definition) is 2. The number of amides is 1. The van der Waals surface area contributed by atoms with Crippen LogP contribution in [0.25, 0.3) is 22.0 Å². The summed E-state index contributed by atoms with van der Waals surface area (Å²) in [5, 5.41) is 1.08. The maximum Gasteiger partial charge on any atom is 0.250 e. The standard InChI is InChI=1S/C28H33N5O3/c1-3-20(21-4-7-26(30-18-21)33-10-14-36-15-11-33)16-24(28(29)34)27-19(2)23-6-5-22(17-25(23)31-27)32-8-12-35-13-9-32/h3-7,16-18,31H,8-15H2,1-2H3,(H2,29,34)/b20-3-,24-16+. The molecule has 1 aromatic carbocycles. The van der Waals surface area contributed by atoms with Crippen molar-refractivity contribution in [2.45, 2.75) is 13.8 Å². The van der Waals surface area contributed by atoms with E-state index in [1.807, 2.05) is 44.3 Å². The Kier molecular flexibility index (Phi) is 7.06. The summed E-state index contributed by atoms with van der Waals surface area (Å²) in [6.45, 7) is 10.3. The molecule has 8 nitrogen and oxygen atoms in total. The van der Waals surface area contributed by atoms with E-state index in [0.717, 1.165) is 84.2 Å². The summed E-state index contributed by atoms with van der Waals surface area (Å²) in [6, 6.07) is 10.4. The number of aryl methyl sites for hydroxylation is 1. The number of benzene rings is 1. The second-order valence-electron chi connectivity index (χ2n) is 9.13. The van der Waals surface area contributed by atoms with E-state index in [0.29, 0.717) is 18.8 Å². The van der Waals surface area contributed by atoms with Crippen molar-refractivity contribution in [1.29, 1.82) is 0 Å². The summed E-state index contributed by atoms with van der Waals surface area (Å²) < 4.78 is 10.9. The molecular formula is C28H33N5O3. The highest BCUT2D eigenvalue weighted by Crippen LogP contribution is 2.32. The van der Waals surface area contributed by atoms with Crippen molar-refractivity contribution in [3.8, 4) is 0 Å². The zero-order valence-electron chi connectivity index (χ0n) is 20.9. The van der Waals surface area contributed by atoms with Crippen molar-refractivity contribution in [3.63, 3.8) is 0 Å². The average molecular weight is 488 g/mol. The highest BCUT2D eigenvalue weighted by molar-refractivity contribution is 6.21. The number of nitrogens with two attached hydrogens (primary N) is 1. The molecule has 2 saturated heterocycles. The molecule has 0 bridgehead atoms. The van der Waals surface area contributed by atoms with Crippen LogP contribution in [-0.2, 0) is 14.3 Å². The lowest BCUT2D eigenvalue weighted by molar-refractivity contribution is -0.112. The molecule has 8 heteroatoms. The van der Waals surface area contributed by atoms with Crippen molar-refractivity contribution in [2.24, 2.45) is 5.73 Å². The van der Waals surface area contributed by atoms with Crippen LogP contribution >= 0.6 is 0 Å². The van der Waals surface area contributed by atoms with Crippen LogP contribution in [-0.4, -0.2) is 68.5 Å². The highest BCUT2D eigenvalue weighted by Gasteiger charge is 2.19. The molecule has 5 rings (SSSR count). The Morgan fingerprint density at radius 2 is 1.72 bits per heavy atom. The van der Waals surface area contributed by atoms with Gasteiger partial charge in [-0.15, -0.1) is 0 Å². The number of morpholine rings is 2. The molecule has 2 aliphatic rings. The fourth-order valence-corrected chi connectivity index (χ4v) is 4.90. The maximum absolute atomic E-state index is 12.6. The molecule has 3 aromatic rings. The number of primary amides is 1. The molecule has 0 spiro atoms. The van der Waals surface area contributed by atoms with E-state index in [1.165, 1.54) is 0 Å². The lowest BCUT2D eigenvalue weighted by Gasteiger charge is -2.28. The minimum Gasteiger partial charge on any atom is -0.378 e. The number of carbonyl (C=O) groups is 1. The van der Waals surface area contributed by atoms with Gasteiger partial charge in [0.2, 0.25) is 0 Å². The number of aromatic nitrogens is 2. The zero-order chi connectivity index (χ0) is 25.1. The van der Waals surface area contributed by atoms with E-state index >= 15 is 0 Å². The van der Waals surface area contributed by atoms with Crippen LogP contribution in [0.3, 0.4) is 0 Å². The molecule has 0 atom stereocenters. The fourth-order valence-electron chi connectivity index (χ4n) is 4.90. The number of ether oxygens (including phenoxy) is 2. The number of carbonyl (C=O) groups excluding carboxylic acids is 1. The van der Waals surface area contributed by atoms with Gasteiger partial charge in [0.15, 0.2) is 0 Å². The first-order valence-corrected chi connectivity index (χ1v) is 12.5. The number of hydrogen-bond acceptors (Lipinski definition) is 6. The Labute approximate surface area is 211 Å². The van der Waals surface area contributed by atoms with Crippen molar-refractivity contribution in [3.05, 3.63) is 65.5 Å². The van der Waals surface area contributed by atoms with E-state index in [4.69, 9.17) is 15.2 Å². The van der Waals surface area contributed by atoms with Gasteiger partial charge in [0.1, 0.15) is 5.82 Å². The first kappa shape index (κ1) is 24.1. The van der Waals surface area contributed by atoms with E-state index in [-0.39, 0.29) is 0 Å². The maximum atomic E-state index is 12.6. The Bertz CT molecular complexity index is 1300. The van der Waals surface area contributed by atoms with Gasteiger partial charge in [0.25, 0.3) is 5.91 Å². The van der Waals surface area contributed by atoms with Crippen LogP contribution in [0.1, 0.15) is 23.7 Å². The highest BCUT2D eigenvalue weighted by atomic mass is 16.5. The van der Waals surface area contributed by atoms with Gasteiger partial charge in [-0.3, -0.25) is 4.79 Å². The Balaban J connectivity index is 1.46. The molecule has 2 aromatic heterocycles. The Hall–Kier alpha value is -3.62. The second-order valence-corrected chi connectivity index (χ2v) is 9.13. The number of nitrogens with zero attached hydrogens (tertiary/aromatic N) is 3. The molecule has 0 unspecified atom stereocenters. The topological polar surface area (TPSA) is 96.7 Å². The number of anilines is 2. The molecule has 188 valence electrons. The minimum absolute atomic E-state index is 0.446. The van der Waals surface area contributed by atoms with Gasteiger partial charge in [-0.2, -0.15) is 0 Å². The van der Waals surface area contributed by atoms with E-state index in [2.05, 4.69) is 38.0 Å². The molecular weight excluding hydrogens is 454 g/mol. The summed E-state index contributed by atoms with van der Waals surface area (Å²) in [4.78, 5) is 25.3. The summed E-state index contributed by atoms with van der Waals surface area (Å²) in [5.74, 6) is 0.453. The third kappa shape index (κ3) is 4.87. The van der Waals surface area contributed by atoms with Crippen LogP contribution in [0.15, 0.2) is 48.7 Å². The third-order valence-corrected chi connectivity index (χ3v) is 6.98. The molecule has 2 aliphatic heterocycles. The number of allylic oxidation sites excluding steroid dienone is 3. The van der Waals surface area contributed by atoms with Crippen molar-refractivity contribution in [2.75, 3.05) is 62.4 Å². The normalized spacial score (nSPS) is 17.6. The molecule has 3 N–H and O–H groups in total. The summed E-state index contributed by atoms with van der Waals surface area (Å²) in [7, 11) is 0. The van der Waals surface area contributed by atoms with E-state index < -0.39 is 5.91 Å². The summed E-state index contributed by atoms with van der Waals surface area (Å²) in [6.07, 6.45) is 5.68. The van der Waals surface area contributed by atoms with Gasteiger partial charge in [-0.25, -0.2) is 4.98 Å². The molecule has 2 fully saturated rings. The molecule has 4 heterocycles. The summed E-state index contributed by atoms with van der Waals surface area (Å²) in [5.41, 5.74) is 12.0. The number of aromatic amines is 1. The first-order valence-electron chi connectivity index (χ1n) is 12.5.